The summed E-state index contributed by atoms with van der Waals surface area (Å²) in [4.78, 5) is 11.8. The fraction of sp³-hybridized carbons (Fsp3) is 0.733. The van der Waals surface area contributed by atoms with Crippen LogP contribution in [0.4, 0.5) is 0 Å². The molecule has 1 aromatic heterocycles. The molecule has 0 aliphatic rings. The van der Waals surface area contributed by atoms with Crippen molar-refractivity contribution in [1.82, 2.24) is 15.1 Å². The van der Waals surface area contributed by atoms with Crippen LogP contribution < -0.4 is 5.32 Å². The second kappa shape index (κ2) is 6.88. The maximum absolute atomic E-state index is 11.8. The van der Waals surface area contributed by atoms with Crippen LogP contribution in [-0.4, -0.2) is 29.4 Å². The fourth-order valence-corrected chi connectivity index (χ4v) is 2.25. The zero-order valence-corrected chi connectivity index (χ0v) is 13.5. The Morgan fingerprint density at radius 1 is 1.40 bits per heavy atom. The summed E-state index contributed by atoms with van der Waals surface area (Å²) in [5.41, 5.74) is 2.78. The lowest BCUT2D eigenvalue weighted by Crippen LogP contribution is -2.31. The van der Waals surface area contributed by atoms with E-state index in [1.54, 1.807) is 0 Å². The van der Waals surface area contributed by atoms with Crippen molar-refractivity contribution in [1.29, 1.82) is 0 Å². The normalized spacial score (nSPS) is 11.7. The Morgan fingerprint density at radius 2 is 2.05 bits per heavy atom. The van der Waals surface area contributed by atoms with E-state index >= 15 is 0 Å². The second-order valence-electron chi connectivity index (χ2n) is 5.86. The number of esters is 1. The molecule has 0 unspecified atom stereocenters. The van der Waals surface area contributed by atoms with Gasteiger partial charge in [-0.15, -0.1) is 0 Å². The minimum atomic E-state index is -0.577. The van der Waals surface area contributed by atoms with Gasteiger partial charge in [-0.2, -0.15) is 5.10 Å². The number of hydrogen-bond acceptors (Lipinski definition) is 4. The lowest BCUT2D eigenvalue weighted by Gasteiger charge is -2.22. The van der Waals surface area contributed by atoms with Gasteiger partial charge < -0.3 is 10.1 Å². The van der Waals surface area contributed by atoms with Crippen LogP contribution in [0.25, 0.3) is 0 Å². The van der Waals surface area contributed by atoms with Gasteiger partial charge in [-0.3, -0.25) is 9.48 Å². The van der Waals surface area contributed by atoms with Crippen molar-refractivity contribution in [3.8, 4) is 0 Å². The highest BCUT2D eigenvalue weighted by atomic mass is 16.5. The minimum Gasteiger partial charge on any atom is -0.469 e. The molecule has 0 aromatic carbocycles. The summed E-state index contributed by atoms with van der Waals surface area (Å²) in [6.07, 6.45) is 1.11. The number of nitrogens with one attached hydrogen (secondary N) is 1. The van der Waals surface area contributed by atoms with Crippen molar-refractivity contribution >= 4 is 5.97 Å². The van der Waals surface area contributed by atoms with Gasteiger partial charge >= 0.3 is 5.97 Å². The zero-order valence-electron chi connectivity index (χ0n) is 13.5. The van der Waals surface area contributed by atoms with E-state index in [-0.39, 0.29) is 5.97 Å². The monoisotopic (exact) mass is 281 g/mol. The number of methoxy groups -OCH3 is 1. The molecule has 5 heteroatoms. The lowest BCUT2D eigenvalue weighted by molar-refractivity contribution is -0.151. The molecule has 0 fully saturated rings. The van der Waals surface area contributed by atoms with Crippen LogP contribution in [0, 0.1) is 19.3 Å². The predicted molar refractivity (Wildman–Crippen MR) is 79.5 cm³/mol. The van der Waals surface area contributed by atoms with Crippen LogP contribution in [0.2, 0.25) is 0 Å². The van der Waals surface area contributed by atoms with Gasteiger partial charge in [-0.1, -0.05) is 6.92 Å². The van der Waals surface area contributed by atoms with Crippen LogP contribution in [0.15, 0.2) is 0 Å². The average Bonchev–Trinajstić information content (AvgIpc) is 2.64. The van der Waals surface area contributed by atoms with E-state index in [4.69, 9.17) is 4.74 Å². The predicted octanol–water partition coefficient (Wildman–Crippen LogP) is 2.20. The van der Waals surface area contributed by atoms with Crippen molar-refractivity contribution in [3.63, 3.8) is 0 Å². The van der Waals surface area contributed by atoms with Gasteiger partial charge in [0.05, 0.1) is 24.8 Å². The Kier molecular flexibility index (Phi) is 5.74. The van der Waals surface area contributed by atoms with E-state index < -0.39 is 5.41 Å². The summed E-state index contributed by atoms with van der Waals surface area (Å²) < 4.78 is 6.76. The van der Waals surface area contributed by atoms with Gasteiger partial charge in [0.1, 0.15) is 0 Å². The quantitative estimate of drug-likeness (QED) is 0.615. The molecule has 0 saturated carbocycles. The lowest BCUT2D eigenvalue weighted by atomic mass is 9.94. The Morgan fingerprint density at radius 3 is 2.60 bits per heavy atom. The van der Waals surface area contributed by atoms with Crippen molar-refractivity contribution in [2.75, 3.05) is 13.7 Å². The van der Waals surface area contributed by atoms with E-state index in [2.05, 4.69) is 24.3 Å². The number of carbonyl (C=O) groups is 1. The van der Waals surface area contributed by atoms with E-state index in [1.807, 2.05) is 25.5 Å². The van der Waals surface area contributed by atoms with Gasteiger partial charge in [0.2, 0.25) is 0 Å². The minimum absolute atomic E-state index is 0.212. The highest BCUT2D eigenvalue weighted by Gasteiger charge is 2.30. The number of aromatic nitrogens is 2. The van der Waals surface area contributed by atoms with Gasteiger partial charge in [-0.05, 0) is 40.7 Å². The molecule has 0 aliphatic heterocycles. The first-order chi connectivity index (χ1) is 9.33. The van der Waals surface area contributed by atoms with E-state index in [9.17, 15) is 4.79 Å². The van der Waals surface area contributed by atoms with Crippen LogP contribution in [0.3, 0.4) is 0 Å². The molecular weight excluding hydrogens is 254 g/mol. The summed E-state index contributed by atoms with van der Waals surface area (Å²) in [5, 5.41) is 7.96. The average molecular weight is 281 g/mol. The molecule has 114 valence electrons. The largest absolute Gasteiger partial charge is 0.469 e. The van der Waals surface area contributed by atoms with E-state index in [0.29, 0.717) is 6.54 Å². The summed E-state index contributed by atoms with van der Waals surface area (Å²) >= 11 is 0. The van der Waals surface area contributed by atoms with Crippen molar-refractivity contribution in [3.05, 3.63) is 17.0 Å². The third-order valence-electron chi connectivity index (χ3n) is 3.54. The van der Waals surface area contributed by atoms with Crippen LogP contribution in [0.1, 0.15) is 44.1 Å². The van der Waals surface area contributed by atoms with Crippen LogP contribution in [0.5, 0.6) is 0 Å². The number of rotatable bonds is 7. The fourth-order valence-electron chi connectivity index (χ4n) is 2.25. The van der Waals surface area contributed by atoms with Crippen molar-refractivity contribution in [2.24, 2.45) is 5.41 Å². The van der Waals surface area contributed by atoms with Crippen molar-refractivity contribution < 1.29 is 9.53 Å². The third kappa shape index (κ3) is 3.82. The molecular formula is C15H27N3O2. The highest BCUT2D eigenvalue weighted by molar-refractivity contribution is 5.75. The van der Waals surface area contributed by atoms with Crippen LogP contribution >= 0.6 is 0 Å². The maximum atomic E-state index is 11.8. The Labute approximate surface area is 121 Å². The molecule has 1 aromatic rings. The smallest absolute Gasteiger partial charge is 0.313 e. The highest BCUT2D eigenvalue weighted by Crippen LogP contribution is 2.22. The summed E-state index contributed by atoms with van der Waals surface area (Å²) in [6, 6.07) is 0. The molecule has 0 saturated heterocycles. The number of aryl methyl sites for hydroxylation is 1. The topological polar surface area (TPSA) is 56.2 Å². The molecule has 20 heavy (non-hydrogen) atoms. The first kappa shape index (κ1) is 16.7. The van der Waals surface area contributed by atoms with Gasteiger partial charge in [0, 0.05) is 17.8 Å². The van der Waals surface area contributed by atoms with E-state index in [1.165, 1.54) is 12.7 Å². The van der Waals surface area contributed by atoms with Crippen molar-refractivity contribution in [2.45, 2.75) is 54.1 Å². The Hall–Kier alpha value is -1.36. The summed E-state index contributed by atoms with van der Waals surface area (Å²) in [6.45, 7) is 12.3. The number of nitrogens with zero attached hydrogens (tertiary/aromatic N) is 2. The summed E-state index contributed by atoms with van der Waals surface area (Å²) in [7, 11) is 1.42. The molecule has 0 aliphatic carbocycles. The molecule has 1 heterocycles. The van der Waals surface area contributed by atoms with Crippen LogP contribution in [-0.2, 0) is 22.6 Å². The number of ether oxygens (including phenoxy) is 1. The molecule has 0 bridgehead atoms. The first-order valence-corrected chi connectivity index (χ1v) is 7.15. The van der Waals surface area contributed by atoms with Gasteiger partial charge in [-0.25, -0.2) is 0 Å². The third-order valence-corrected chi connectivity index (χ3v) is 3.54. The van der Waals surface area contributed by atoms with Gasteiger partial charge in [0.25, 0.3) is 0 Å². The molecule has 0 atom stereocenters. The second-order valence-corrected chi connectivity index (χ2v) is 5.86. The zero-order chi connectivity index (χ0) is 15.3. The van der Waals surface area contributed by atoms with Gasteiger partial charge in [0.15, 0.2) is 0 Å². The standard InChI is InChI=1S/C15H27N3O2/c1-7-8-16-9-13-11(2)17-18(12(13)3)10-15(4,5)14(19)20-6/h16H,7-10H2,1-6H3. The molecule has 1 N–H and O–H groups in total. The Balaban J connectivity index is 2.87. The maximum Gasteiger partial charge on any atom is 0.313 e. The number of carbonyl (C=O) groups excluding carboxylic acids is 1. The number of hydrogen-bond donors (Lipinski definition) is 1. The SMILES string of the molecule is CCCNCc1c(C)nn(CC(C)(C)C(=O)OC)c1C. The molecule has 1 rings (SSSR count). The molecule has 5 nitrogen and oxygen atoms in total. The van der Waals surface area contributed by atoms with E-state index in [0.717, 1.165) is 30.9 Å². The molecule has 0 radical (unpaired) electrons. The Bertz CT molecular complexity index is 464. The first-order valence-electron chi connectivity index (χ1n) is 7.15. The summed E-state index contributed by atoms with van der Waals surface area (Å²) in [5.74, 6) is -0.212. The molecule has 0 spiro atoms. The molecule has 0 amide bonds.